The predicted octanol–water partition coefficient (Wildman–Crippen LogP) is 2.44. The summed E-state index contributed by atoms with van der Waals surface area (Å²) < 4.78 is 5.24. The molecule has 0 heterocycles. The van der Waals surface area contributed by atoms with Crippen molar-refractivity contribution in [2.24, 2.45) is 0 Å². The van der Waals surface area contributed by atoms with Crippen LogP contribution in [0.1, 0.15) is 42.9 Å². The minimum Gasteiger partial charge on any atom is -0.396 e. The normalized spacial score (nSPS) is 20.6. The first-order chi connectivity index (χ1) is 9.35. The number of ether oxygens (including phenoxy) is 1. The number of nitrogens with one attached hydrogen (secondary N) is 1. The van der Waals surface area contributed by atoms with Crippen LogP contribution in [-0.2, 0) is 11.2 Å². The van der Waals surface area contributed by atoms with Gasteiger partial charge >= 0.3 is 0 Å². The molecular formula is C16H25NO2. The maximum Gasteiger partial charge on any atom is 0.0616 e. The van der Waals surface area contributed by atoms with Crippen molar-refractivity contribution in [1.82, 2.24) is 5.32 Å². The van der Waals surface area contributed by atoms with E-state index in [0.717, 1.165) is 6.42 Å². The molecule has 0 amide bonds. The minimum atomic E-state index is 0.204. The highest BCUT2D eigenvalue weighted by atomic mass is 16.5. The van der Waals surface area contributed by atoms with Gasteiger partial charge in [-0.3, -0.25) is 0 Å². The second kappa shape index (κ2) is 7.63. The van der Waals surface area contributed by atoms with Gasteiger partial charge in [-0.15, -0.1) is 0 Å². The number of aliphatic hydroxyl groups excluding tert-OH is 1. The van der Waals surface area contributed by atoms with E-state index in [1.54, 1.807) is 7.11 Å². The lowest BCUT2D eigenvalue weighted by Crippen LogP contribution is -2.37. The molecule has 2 atom stereocenters. The van der Waals surface area contributed by atoms with E-state index < -0.39 is 0 Å². The Balaban J connectivity index is 2.10. The monoisotopic (exact) mass is 263 g/mol. The van der Waals surface area contributed by atoms with Crippen molar-refractivity contribution < 1.29 is 9.84 Å². The fourth-order valence-corrected chi connectivity index (χ4v) is 2.95. The van der Waals surface area contributed by atoms with Gasteiger partial charge in [0.15, 0.2) is 0 Å². The van der Waals surface area contributed by atoms with Crippen LogP contribution in [0, 0.1) is 0 Å². The second-order valence-corrected chi connectivity index (χ2v) is 5.33. The Morgan fingerprint density at radius 2 is 2.21 bits per heavy atom. The Labute approximate surface area is 116 Å². The lowest BCUT2D eigenvalue weighted by Gasteiger charge is -2.25. The predicted molar refractivity (Wildman–Crippen MR) is 77.2 cm³/mol. The average Bonchev–Trinajstić information content (AvgIpc) is 2.62. The van der Waals surface area contributed by atoms with E-state index in [-0.39, 0.29) is 12.6 Å². The number of fused-ring (bicyclic) bond motifs is 1. The van der Waals surface area contributed by atoms with E-state index in [9.17, 15) is 0 Å². The van der Waals surface area contributed by atoms with E-state index in [1.807, 2.05) is 0 Å². The first-order valence-electron chi connectivity index (χ1n) is 7.28. The molecule has 3 heteroatoms. The fourth-order valence-electron chi connectivity index (χ4n) is 2.95. The Morgan fingerprint density at radius 3 is 3.00 bits per heavy atom. The van der Waals surface area contributed by atoms with Gasteiger partial charge in [0, 0.05) is 25.8 Å². The van der Waals surface area contributed by atoms with Crippen molar-refractivity contribution in [1.29, 1.82) is 0 Å². The van der Waals surface area contributed by atoms with Crippen LogP contribution in [0.4, 0.5) is 0 Å². The fraction of sp³-hybridized carbons (Fsp3) is 0.625. The van der Waals surface area contributed by atoms with Crippen LogP contribution in [-0.4, -0.2) is 31.5 Å². The molecule has 0 bridgehead atoms. The SMILES string of the molecule is COCC(CCO)NC1CCCCc2ccccc21. The zero-order valence-electron chi connectivity index (χ0n) is 11.8. The van der Waals surface area contributed by atoms with E-state index in [1.165, 1.54) is 36.8 Å². The summed E-state index contributed by atoms with van der Waals surface area (Å²) >= 11 is 0. The largest absolute Gasteiger partial charge is 0.396 e. The maximum absolute atomic E-state index is 9.15. The Kier molecular flexibility index (Phi) is 5.83. The van der Waals surface area contributed by atoms with Crippen molar-refractivity contribution >= 4 is 0 Å². The number of aryl methyl sites for hydroxylation is 1. The third-order valence-corrected chi connectivity index (χ3v) is 3.90. The van der Waals surface area contributed by atoms with Gasteiger partial charge in [0.2, 0.25) is 0 Å². The molecule has 0 saturated carbocycles. The Bertz CT molecular complexity index is 375. The Morgan fingerprint density at radius 1 is 1.37 bits per heavy atom. The molecule has 3 nitrogen and oxygen atoms in total. The van der Waals surface area contributed by atoms with Crippen LogP contribution in [0.3, 0.4) is 0 Å². The molecule has 0 aromatic heterocycles. The van der Waals surface area contributed by atoms with Gasteiger partial charge in [-0.2, -0.15) is 0 Å². The molecule has 0 saturated heterocycles. The number of hydrogen-bond donors (Lipinski definition) is 2. The van der Waals surface area contributed by atoms with Crippen molar-refractivity contribution in [3.63, 3.8) is 0 Å². The molecule has 1 aromatic rings. The van der Waals surface area contributed by atoms with Crippen LogP contribution >= 0.6 is 0 Å². The summed E-state index contributed by atoms with van der Waals surface area (Å²) in [6.07, 6.45) is 5.62. The van der Waals surface area contributed by atoms with E-state index >= 15 is 0 Å². The van der Waals surface area contributed by atoms with Gasteiger partial charge in [-0.05, 0) is 36.8 Å². The number of rotatable bonds is 6. The topological polar surface area (TPSA) is 41.5 Å². The summed E-state index contributed by atoms with van der Waals surface area (Å²) in [6.45, 7) is 0.856. The van der Waals surface area contributed by atoms with Gasteiger partial charge in [-0.1, -0.05) is 30.7 Å². The number of methoxy groups -OCH3 is 1. The molecule has 2 unspecified atom stereocenters. The van der Waals surface area contributed by atoms with E-state index in [0.29, 0.717) is 12.6 Å². The van der Waals surface area contributed by atoms with Crippen LogP contribution in [0.5, 0.6) is 0 Å². The quantitative estimate of drug-likeness (QED) is 0.775. The lowest BCUT2D eigenvalue weighted by atomic mass is 9.98. The number of hydrogen-bond acceptors (Lipinski definition) is 3. The van der Waals surface area contributed by atoms with Crippen LogP contribution in [0.25, 0.3) is 0 Å². The molecule has 1 aliphatic carbocycles. The second-order valence-electron chi connectivity index (χ2n) is 5.33. The molecule has 0 aliphatic heterocycles. The molecule has 0 spiro atoms. The molecule has 1 aliphatic rings. The summed E-state index contributed by atoms with van der Waals surface area (Å²) in [5, 5.41) is 12.8. The highest BCUT2D eigenvalue weighted by Crippen LogP contribution is 2.29. The molecule has 106 valence electrons. The van der Waals surface area contributed by atoms with Crippen molar-refractivity contribution in [3.8, 4) is 0 Å². The maximum atomic E-state index is 9.15. The summed E-state index contributed by atoms with van der Waals surface area (Å²) in [6, 6.07) is 9.35. The molecule has 0 radical (unpaired) electrons. The summed E-state index contributed by atoms with van der Waals surface area (Å²) in [4.78, 5) is 0. The van der Waals surface area contributed by atoms with Gasteiger partial charge in [0.1, 0.15) is 0 Å². The number of benzene rings is 1. The van der Waals surface area contributed by atoms with E-state index in [2.05, 4.69) is 29.6 Å². The average molecular weight is 263 g/mol. The smallest absolute Gasteiger partial charge is 0.0616 e. The van der Waals surface area contributed by atoms with Crippen molar-refractivity contribution in [3.05, 3.63) is 35.4 Å². The lowest BCUT2D eigenvalue weighted by molar-refractivity contribution is 0.141. The van der Waals surface area contributed by atoms with Crippen LogP contribution < -0.4 is 5.32 Å². The molecule has 19 heavy (non-hydrogen) atoms. The van der Waals surface area contributed by atoms with Crippen LogP contribution in [0.15, 0.2) is 24.3 Å². The first-order valence-corrected chi connectivity index (χ1v) is 7.28. The standard InChI is InChI=1S/C16H25NO2/c1-19-12-14(10-11-18)17-16-9-5-3-7-13-6-2-4-8-15(13)16/h2,4,6,8,14,16-18H,3,5,7,9-12H2,1H3. The van der Waals surface area contributed by atoms with Crippen molar-refractivity contribution in [2.45, 2.75) is 44.2 Å². The minimum absolute atomic E-state index is 0.204. The van der Waals surface area contributed by atoms with Gasteiger partial charge < -0.3 is 15.2 Å². The van der Waals surface area contributed by atoms with E-state index in [4.69, 9.17) is 9.84 Å². The highest BCUT2D eigenvalue weighted by Gasteiger charge is 2.21. The zero-order valence-corrected chi connectivity index (χ0v) is 11.8. The molecule has 2 N–H and O–H groups in total. The summed E-state index contributed by atoms with van der Waals surface area (Å²) in [5.41, 5.74) is 2.90. The highest BCUT2D eigenvalue weighted by molar-refractivity contribution is 5.31. The van der Waals surface area contributed by atoms with Crippen molar-refractivity contribution in [2.75, 3.05) is 20.3 Å². The molecule has 1 aromatic carbocycles. The third kappa shape index (κ3) is 4.03. The third-order valence-electron chi connectivity index (χ3n) is 3.90. The van der Waals surface area contributed by atoms with Crippen LogP contribution in [0.2, 0.25) is 0 Å². The Hall–Kier alpha value is -0.900. The number of aliphatic hydroxyl groups is 1. The first kappa shape index (κ1) is 14.5. The summed E-state index contributed by atoms with van der Waals surface area (Å²) in [7, 11) is 1.72. The summed E-state index contributed by atoms with van der Waals surface area (Å²) in [5.74, 6) is 0. The zero-order chi connectivity index (χ0) is 13.5. The molecular weight excluding hydrogens is 238 g/mol. The van der Waals surface area contributed by atoms with Gasteiger partial charge in [0.25, 0.3) is 0 Å². The molecule has 0 fully saturated rings. The van der Waals surface area contributed by atoms with Gasteiger partial charge in [0.05, 0.1) is 6.61 Å². The molecule has 2 rings (SSSR count). The van der Waals surface area contributed by atoms with Gasteiger partial charge in [-0.25, -0.2) is 0 Å².